The molecule has 1 heterocycles. The van der Waals surface area contributed by atoms with Crippen LogP contribution >= 0.6 is 0 Å². The van der Waals surface area contributed by atoms with E-state index >= 15 is 0 Å². The molecule has 0 aromatic heterocycles. The van der Waals surface area contributed by atoms with Crippen LogP contribution in [0.15, 0.2) is 0 Å². The topological polar surface area (TPSA) is 76.8 Å². The van der Waals surface area contributed by atoms with Gasteiger partial charge < -0.3 is 20.5 Å². The van der Waals surface area contributed by atoms with Crippen molar-refractivity contribution in [3.8, 4) is 0 Å². The predicted octanol–water partition coefficient (Wildman–Crippen LogP) is 1.34. The van der Waals surface area contributed by atoms with Crippen molar-refractivity contribution in [1.29, 1.82) is 0 Å². The van der Waals surface area contributed by atoms with Gasteiger partial charge in [0.25, 0.3) is 0 Å². The molecule has 6 heteroatoms. The summed E-state index contributed by atoms with van der Waals surface area (Å²) in [7, 11) is 0. The third kappa shape index (κ3) is 7.64. The minimum atomic E-state index is -0.463. The monoisotopic (exact) mass is 301 g/mol. The molecular formula is C15H31N3O3. The van der Waals surface area contributed by atoms with E-state index in [9.17, 15) is 4.79 Å². The summed E-state index contributed by atoms with van der Waals surface area (Å²) in [6.45, 7) is 11.5. The number of alkyl carbamates (subject to hydrolysis) is 1. The molecule has 0 spiro atoms. The van der Waals surface area contributed by atoms with Crippen molar-refractivity contribution in [1.82, 2.24) is 10.2 Å². The quantitative estimate of drug-likeness (QED) is 0.801. The Hall–Kier alpha value is -0.850. The van der Waals surface area contributed by atoms with Crippen LogP contribution in [-0.4, -0.2) is 61.5 Å². The molecule has 0 aromatic carbocycles. The van der Waals surface area contributed by atoms with Crippen LogP contribution in [0.1, 0.15) is 40.5 Å². The van der Waals surface area contributed by atoms with Crippen LogP contribution in [0.5, 0.6) is 0 Å². The van der Waals surface area contributed by atoms with E-state index < -0.39 is 5.60 Å². The highest BCUT2D eigenvalue weighted by Gasteiger charge is 2.22. The zero-order chi connectivity index (χ0) is 15.9. The minimum absolute atomic E-state index is 0.236. The second-order valence-electron chi connectivity index (χ2n) is 6.64. The first kappa shape index (κ1) is 18.2. The summed E-state index contributed by atoms with van der Waals surface area (Å²) >= 11 is 0. The molecule has 0 radical (unpaired) electrons. The summed E-state index contributed by atoms with van der Waals surface area (Å²) in [5.41, 5.74) is 5.43. The van der Waals surface area contributed by atoms with Crippen molar-refractivity contribution in [2.75, 3.05) is 32.8 Å². The van der Waals surface area contributed by atoms with Gasteiger partial charge in [-0.05, 0) is 40.5 Å². The second-order valence-corrected chi connectivity index (χ2v) is 6.64. The van der Waals surface area contributed by atoms with E-state index in [1.54, 1.807) is 0 Å². The van der Waals surface area contributed by atoms with Gasteiger partial charge in [0, 0.05) is 38.8 Å². The highest BCUT2D eigenvalue weighted by molar-refractivity contribution is 5.67. The fourth-order valence-corrected chi connectivity index (χ4v) is 2.46. The molecule has 6 nitrogen and oxygen atoms in total. The van der Waals surface area contributed by atoms with Crippen molar-refractivity contribution in [3.63, 3.8) is 0 Å². The summed E-state index contributed by atoms with van der Waals surface area (Å²) in [6, 6.07) is 0.268. The van der Waals surface area contributed by atoms with E-state index in [0.717, 1.165) is 32.5 Å². The van der Waals surface area contributed by atoms with Crippen molar-refractivity contribution < 1.29 is 14.3 Å². The van der Waals surface area contributed by atoms with E-state index in [1.165, 1.54) is 0 Å². The molecule has 3 N–H and O–H groups in total. The maximum atomic E-state index is 11.6. The molecule has 1 saturated heterocycles. The Morgan fingerprint density at radius 2 is 2.24 bits per heavy atom. The Kier molecular flexibility index (Phi) is 7.42. The number of carbonyl (C=O) groups is 1. The Labute approximate surface area is 128 Å². The maximum Gasteiger partial charge on any atom is 0.407 e. The zero-order valence-electron chi connectivity index (χ0n) is 13.9. The predicted molar refractivity (Wildman–Crippen MR) is 83.3 cm³/mol. The fourth-order valence-electron chi connectivity index (χ4n) is 2.46. The van der Waals surface area contributed by atoms with Gasteiger partial charge in [-0.2, -0.15) is 0 Å². The van der Waals surface area contributed by atoms with Gasteiger partial charge in [0.1, 0.15) is 5.60 Å². The number of nitrogens with zero attached hydrogens (tertiary/aromatic N) is 1. The Balaban J connectivity index is 2.35. The first-order chi connectivity index (χ1) is 9.81. The molecule has 0 bridgehead atoms. The average Bonchev–Trinajstić information content (AvgIpc) is 2.57. The third-order valence-corrected chi connectivity index (χ3v) is 3.42. The lowest BCUT2D eigenvalue weighted by molar-refractivity contribution is 0.0507. The molecule has 0 saturated carbocycles. The molecule has 1 fully saturated rings. The highest BCUT2D eigenvalue weighted by atomic mass is 16.6. The van der Waals surface area contributed by atoms with Gasteiger partial charge >= 0.3 is 6.09 Å². The van der Waals surface area contributed by atoms with Gasteiger partial charge in [0.15, 0.2) is 0 Å². The van der Waals surface area contributed by atoms with Crippen LogP contribution in [0.3, 0.4) is 0 Å². The normalized spacial score (nSPS) is 22.4. The fraction of sp³-hybridized carbons (Fsp3) is 0.933. The number of amides is 1. The van der Waals surface area contributed by atoms with Gasteiger partial charge in [0.05, 0.1) is 6.10 Å². The van der Waals surface area contributed by atoms with Crippen molar-refractivity contribution in [2.24, 2.45) is 5.73 Å². The molecule has 21 heavy (non-hydrogen) atoms. The summed E-state index contributed by atoms with van der Waals surface area (Å²) in [5, 5.41) is 2.80. The van der Waals surface area contributed by atoms with Crippen LogP contribution in [0, 0.1) is 0 Å². The SMILES string of the molecule is CC1CN(C(CN)CCNC(=O)OC(C)(C)C)CCCO1. The van der Waals surface area contributed by atoms with Crippen LogP contribution in [-0.2, 0) is 9.47 Å². The molecule has 2 atom stereocenters. The first-order valence-corrected chi connectivity index (χ1v) is 7.84. The second kappa shape index (κ2) is 8.56. The number of hydrogen-bond donors (Lipinski definition) is 2. The van der Waals surface area contributed by atoms with E-state index in [-0.39, 0.29) is 18.2 Å². The molecule has 1 aliphatic heterocycles. The molecular weight excluding hydrogens is 270 g/mol. The molecule has 0 aromatic rings. The van der Waals surface area contributed by atoms with Crippen molar-refractivity contribution in [2.45, 2.75) is 58.3 Å². The molecule has 1 rings (SSSR count). The number of carbonyl (C=O) groups excluding carboxylic acids is 1. The number of nitrogens with one attached hydrogen (secondary N) is 1. The molecule has 1 aliphatic rings. The molecule has 1 amide bonds. The smallest absolute Gasteiger partial charge is 0.407 e. The van der Waals surface area contributed by atoms with Gasteiger partial charge in [-0.3, -0.25) is 4.90 Å². The van der Waals surface area contributed by atoms with E-state index in [2.05, 4.69) is 17.1 Å². The van der Waals surface area contributed by atoms with Gasteiger partial charge in [-0.1, -0.05) is 0 Å². The van der Waals surface area contributed by atoms with Gasteiger partial charge in [-0.15, -0.1) is 0 Å². The maximum absolute atomic E-state index is 11.6. The minimum Gasteiger partial charge on any atom is -0.444 e. The van der Waals surface area contributed by atoms with Crippen LogP contribution in [0.2, 0.25) is 0 Å². The Morgan fingerprint density at radius 3 is 2.86 bits per heavy atom. The number of rotatable bonds is 5. The van der Waals surface area contributed by atoms with E-state index in [1.807, 2.05) is 20.8 Å². The lowest BCUT2D eigenvalue weighted by atomic mass is 10.1. The standard InChI is InChI=1S/C15H31N3O3/c1-12-11-18(8-5-9-20-12)13(10-16)6-7-17-14(19)21-15(2,3)4/h12-13H,5-11,16H2,1-4H3,(H,17,19). The van der Waals surface area contributed by atoms with E-state index in [0.29, 0.717) is 13.1 Å². The summed E-state index contributed by atoms with van der Waals surface area (Å²) in [6.07, 6.45) is 1.72. The lowest BCUT2D eigenvalue weighted by Crippen LogP contribution is -2.45. The largest absolute Gasteiger partial charge is 0.444 e. The van der Waals surface area contributed by atoms with Crippen molar-refractivity contribution in [3.05, 3.63) is 0 Å². The summed E-state index contributed by atoms with van der Waals surface area (Å²) < 4.78 is 10.9. The lowest BCUT2D eigenvalue weighted by Gasteiger charge is -2.30. The highest BCUT2D eigenvalue weighted by Crippen LogP contribution is 2.11. The number of hydrogen-bond acceptors (Lipinski definition) is 5. The summed E-state index contributed by atoms with van der Waals surface area (Å²) in [4.78, 5) is 14.0. The van der Waals surface area contributed by atoms with E-state index in [4.69, 9.17) is 15.2 Å². The van der Waals surface area contributed by atoms with Crippen LogP contribution < -0.4 is 11.1 Å². The Morgan fingerprint density at radius 1 is 1.52 bits per heavy atom. The average molecular weight is 301 g/mol. The van der Waals surface area contributed by atoms with Crippen LogP contribution in [0.4, 0.5) is 4.79 Å². The number of ether oxygens (including phenoxy) is 2. The van der Waals surface area contributed by atoms with Crippen molar-refractivity contribution >= 4 is 6.09 Å². The molecule has 2 unspecified atom stereocenters. The molecule has 124 valence electrons. The third-order valence-electron chi connectivity index (χ3n) is 3.42. The number of nitrogens with two attached hydrogens (primary N) is 1. The van der Waals surface area contributed by atoms with Crippen LogP contribution in [0.25, 0.3) is 0 Å². The van der Waals surface area contributed by atoms with Gasteiger partial charge in [0.2, 0.25) is 0 Å². The first-order valence-electron chi connectivity index (χ1n) is 7.84. The Bertz CT molecular complexity index is 318. The zero-order valence-corrected chi connectivity index (χ0v) is 13.9. The van der Waals surface area contributed by atoms with Gasteiger partial charge in [-0.25, -0.2) is 4.79 Å². The summed E-state index contributed by atoms with van der Waals surface area (Å²) in [5.74, 6) is 0. The molecule has 0 aliphatic carbocycles.